The lowest BCUT2D eigenvalue weighted by molar-refractivity contribution is 0.0792. The van der Waals surface area contributed by atoms with Crippen molar-refractivity contribution in [1.82, 2.24) is 14.7 Å². The van der Waals surface area contributed by atoms with Crippen molar-refractivity contribution in [3.63, 3.8) is 0 Å². The highest BCUT2D eigenvalue weighted by Gasteiger charge is 2.21. The van der Waals surface area contributed by atoms with Crippen LogP contribution in [0.3, 0.4) is 0 Å². The first kappa shape index (κ1) is 19.1. The van der Waals surface area contributed by atoms with Crippen LogP contribution < -0.4 is 5.32 Å². The fourth-order valence-corrected chi connectivity index (χ4v) is 3.37. The Hall–Kier alpha value is -2.63. The van der Waals surface area contributed by atoms with Crippen LogP contribution in [0, 0.1) is 6.92 Å². The van der Waals surface area contributed by atoms with Gasteiger partial charge in [0.25, 0.3) is 11.8 Å². The lowest BCUT2D eigenvalue weighted by Crippen LogP contribution is -2.27. The molecule has 1 saturated heterocycles. The number of aryl methyl sites for hydroxylation is 2. The van der Waals surface area contributed by atoms with Gasteiger partial charge in [0.1, 0.15) is 5.69 Å². The average molecular weight is 368 g/mol. The molecule has 0 spiro atoms. The molecule has 1 N–H and O–H groups in total. The van der Waals surface area contributed by atoms with Gasteiger partial charge in [-0.25, -0.2) is 0 Å². The molecule has 1 fully saturated rings. The van der Waals surface area contributed by atoms with Crippen LogP contribution in [0.1, 0.15) is 71.6 Å². The van der Waals surface area contributed by atoms with Crippen molar-refractivity contribution in [2.45, 2.75) is 53.0 Å². The van der Waals surface area contributed by atoms with E-state index in [0.717, 1.165) is 37.2 Å². The van der Waals surface area contributed by atoms with Gasteiger partial charge in [-0.3, -0.25) is 14.3 Å². The summed E-state index contributed by atoms with van der Waals surface area (Å²) in [5, 5.41) is 7.46. The molecular weight excluding hydrogens is 340 g/mol. The maximum atomic E-state index is 12.8. The second-order valence-electron chi connectivity index (χ2n) is 7.41. The Kier molecular flexibility index (Phi) is 5.63. The van der Waals surface area contributed by atoms with E-state index in [1.807, 2.05) is 36.9 Å². The third-order valence-corrected chi connectivity index (χ3v) is 5.04. The molecule has 1 aromatic heterocycles. The van der Waals surface area contributed by atoms with E-state index in [1.54, 1.807) is 10.7 Å². The highest BCUT2D eigenvalue weighted by Crippen LogP contribution is 2.21. The number of benzene rings is 1. The summed E-state index contributed by atoms with van der Waals surface area (Å²) >= 11 is 0. The molecular formula is C21H28N4O2. The molecule has 6 nitrogen and oxygen atoms in total. The van der Waals surface area contributed by atoms with Gasteiger partial charge >= 0.3 is 0 Å². The molecule has 0 unspecified atom stereocenters. The first-order valence-electron chi connectivity index (χ1n) is 9.69. The molecule has 0 saturated carbocycles. The Bertz CT molecular complexity index is 848. The predicted octanol–water partition coefficient (Wildman–Crippen LogP) is 3.82. The fraction of sp³-hybridized carbons (Fsp3) is 0.476. The van der Waals surface area contributed by atoms with Gasteiger partial charge in [0.15, 0.2) is 0 Å². The Morgan fingerprint density at radius 3 is 2.48 bits per heavy atom. The normalized spacial score (nSPS) is 14.0. The van der Waals surface area contributed by atoms with E-state index in [9.17, 15) is 9.59 Å². The van der Waals surface area contributed by atoms with Gasteiger partial charge in [-0.05, 0) is 62.4 Å². The number of carbonyl (C=O) groups excluding carboxylic acids is 2. The zero-order valence-electron chi connectivity index (χ0n) is 16.6. The summed E-state index contributed by atoms with van der Waals surface area (Å²) in [5.41, 5.74) is 3.73. The number of hydrogen-bond donors (Lipinski definition) is 1. The minimum Gasteiger partial charge on any atom is -0.339 e. The Morgan fingerprint density at radius 1 is 1.19 bits per heavy atom. The molecule has 0 radical (unpaired) electrons. The Balaban J connectivity index is 1.77. The van der Waals surface area contributed by atoms with Crippen LogP contribution >= 0.6 is 0 Å². The maximum absolute atomic E-state index is 12.8. The molecule has 0 bridgehead atoms. The summed E-state index contributed by atoms with van der Waals surface area (Å²) in [6, 6.07) is 7.31. The number of rotatable bonds is 5. The summed E-state index contributed by atoms with van der Waals surface area (Å²) < 4.78 is 1.73. The van der Waals surface area contributed by atoms with Crippen molar-refractivity contribution in [1.29, 1.82) is 0 Å². The number of amides is 2. The number of carbonyl (C=O) groups is 2. The van der Waals surface area contributed by atoms with E-state index in [-0.39, 0.29) is 17.7 Å². The lowest BCUT2D eigenvalue weighted by atomic mass is 10.1. The maximum Gasteiger partial charge on any atom is 0.273 e. The third-order valence-electron chi connectivity index (χ3n) is 5.04. The minimum absolute atomic E-state index is 0.0686. The van der Waals surface area contributed by atoms with Crippen molar-refractivity contribution in [2.75, 3.05) is 18.4 Å². The zero-order chi connectivity index (χ0) is 19.6. The van der Waals surface area contributed by atoms with Gasteiger partial charge in [-0.2, -0.15) is 5.10 Å². The van der Waals surface area contributed by atoms with Crippen molar-refractivity contribution in [3.05, 3.63) is 46.8 Å². The first-order chi connectivity index (χ1) is 12.9. The van der Waals surface area contributed by atoms with E-state index >= 15 is 0 Å². The lowest BCUT2D eigenvalue weighted by Gasteiger charge is -2.16. The first-order valence-corrected chi connectivity index (χ1v) is 9.69. The molecule has 2 heterocycles. The number of hydrogen-bond acceptors (Lipinski definition) is 3. The monoisotopic (exact) mass is 368 g/mol. The molecule has 6 heteroatoms. The van der Waals surface area contributed by atoms with Gasteiger partial charge < -0.3 is 10.2 Å². The summed E-state index contributed by atoms with van der Waals surface area (Å²) in [6.45, 7) is 10.3. The van der Waals surface area contributed by atoms with Crippen LogP contribution in [0.2, 0.25) is 0 Å². The molecule has 2 amide bonds. The summed E-state index contributed by atoms with van der Waals surface area (Å²) in [6.07, 6.45) is 2.14. The average Bonchev–Trinajstić information content (AvgIpc) is 3.32. The Morgan fingerprint density at radius 2 is 1.89 bits per heavy atom. The second-order valence-corrected chi connectivity index (χ2v) is 7.41. The molecule has 1 aromatic carbocycles. The standard InChI is InChI=1S/C21H28N4O2/c1-5-25-19(13-18(23-25)14(2)3)20(26)22-17-9-8-16(12-15(17)4)21(27)24-10-6-7-11-24/h8-9,12-14H,5-7,10-11H2,1-4H3,(H,22,26). The summed E-state index contributed by atoms with van der Waals surface area (Å²) in [5.74, 6) is 0.152. The molecule has 144 valence electrons. The van der Waals surface area contributed by atoms with Gasteiger partial charge in [0.2, 0.25) is 0 Å². The van der Waals surface area contributed by atoms with Crippen LogP contribution in [0.15, 0.2) is 24.3 Å². The number of aromatic nitrogens is 2. The SMILES string of the molecule is CCn1nc(C(C)C)cc1C(=O)Nc1ccc(C(=O)N2CCCC2)cc1C. The van der Waals surface area contributed by atoms with Crippen LogP contribution in [-0.2, 0) is 6.54 Å². The number of nitrogens with zero attached hydrogens (tertiary/aromatic N) is 3. The molecule has 3 rings (SSSR count). The van der Waals surface area contributed by atoms with Crippen molar-refractivity contribution >= 4 is 17.5 Å². The molecule has 1 aliphatic heterocycles. The molecule has 2 aromatic rings. The minimum atomic E-state index is -0.182. The number of nitrogens with one attached hydrogen (secondary N) is 1. The molecule has 1 aliphatic rings. The molecule has 0 atom stereocenters. The third kappa shape index (κ3) is 4.04. The summed E-state index contributed by atoms with van der Waals surface area (Å²) in [4.78, 5) is 27.2. The molecule has 27 heavy (non-hydrogen) atoms. The smallest absolute Gasteiger partial charge is 0.273 e. The Labute approximate surface area is 160 Å². The highest BCUT2D eigenvalue weighted by molar-refractivity contribution is 6.04. The zero-order valence-corrected chi connectivity index (χ0v) is 16.6. The van der Waals surface area contributed by atoms with E-state index < -0.39 is 0 Å². The topological polar surface area (TPSA) is 67.2 Å². The highest BCUT2D eigenvalue weighted by atomic mass is 16.2. The van der Waals surface area contributed by atoms with Crippen molar-refractivity contribution < 1.29 is 9.59 Å². The second kappa shape index (κ2) is 7.94. The largest absolute Gasteiger partial charge is 0.339 e. The predicted molar refractivity (Wildman–Crippen MR) is 106 cm³/mol. The van der Waals surface area contributed by atoms with Crippen LogP contribution in [0.25, 0.3) is 0 Å². The van der Waals surface area contributed by atoms with E-state index in [4.69, 9.17) is 0 Å². The van der Waals surface area contributed by atoms with E-state index in [2.05, 4.69) is 24.3 Å². The van der Waals surface area contributed by atoms with Gasteiger partial charge in [0, 0.05) is 30.9 Å². The van der Waals surface area contributed by atoms with E-state index in [1.165, 1.54) is 0 Å². The van der Waals surface area contributed by atoms with Crippen molar-refractivity contribution in [2.24, 2.45) is 0 Å². The number of likely N-dealkylation sites (tertiary alicyclic amines) is 1. The van der Waals surface area contributed by atoms with Crippen LogP contribution in [0.5, 0.6) is 0 Å². The fourth-order valence-electron chi connectivity index (χ4n) is 3.37. The van der Waals surface area contributed by atoms with Crippen molar-refractivity contribution in [3.8, 4) is 0 Å². The van der Waals surface area contributed by atoms with Crippen LogP contribution in [-0.4, -0.2) is 39.6 Å². The van der Waals surface area contributed by atoms with Gasteiger partial charge in [-0.15, -0.1) is 0 Å². The molecule has 0 aliphatic carbocycles. The quantitative estimate of drug-likeness (QED) is 0.872. The van der Waals surface area contributed by atoms with Gasteiger partial charge in [-0.1, -0.05) is 13.8 Å². The van der Waals surface area contributed by atoms with Gasteiger partial charge in [0.05, 0.1) is 5.69 Å². The van der Waals surface area contributed by atoms with E-state index in [0.29, 0.717) is 23.5 Å². The number of anilines is 1. The summed E-state index contributed by atoms with van der Waals surface area (Å²) in [7, 11) is 0. The van der Waals surface area contributed by atoms with Crippen LogP contribution in [0.4, 0.5) is 5.69 Å².